The SMILES string of the molecule is O=S(=O)(c1ccccc1)N1CCN(C[C@H](O)c2ccco2)CC1. The summed E-state index contributed by atoms with van der Waals surface area (Å²) in [6.45, 7) is 2.45. The minimum Gasteiger partial charge on any atom is -0.467 e. The molecule has 0 aliphatic carbocycles. The molecule has 3 rings (SSSR count). The zero-order valence-corrected chi connectivity index (χ0v) is 13.5. The van der Waals surface area contributed by atoms with E-state index in [4.69, 9.17) is 4.42 Å². The standard InChI is InChI=1S/C16H20N2O4S/c19-15(16-7-4-12-22-16)13-17-8-10-18(11-9-17)23(20,21)14-5-2-1-3-6-14/h1-7,12,15,19H,8-11,13H2/t15-/m0/s1. The van der Waals surface area contributed by atoms with Crippen LogP contribution < -0.4 is 0 Å². The van der Waals surface area contributed by atoms with Crippen molar-refractivity contribution >= 4 is 10.0 Å². The van der Waals surface area contributed by atoms with Gasteiger partial charge in [-0.25, -0.2) is 8.42 Å². The first-order chi connectivity index (χ1) is 11.1. The third-order valence-corrected chi connectivity index (χ3v) is 5.93. The number of furan rings is 1. The van der Waals surface area contributed by atoms with Gasteiger partial charge in [0.15, 0.2) is 0 Å². The summed E-state index contributed by atoms with van der Waals surface area (Å²) in [5, 5.41) is 10.1. The van der Waals surface area contributed by atoms with Crippen LogP contribution in [0.1, 0.15) is 11.9 Å². The Morgan fingerprint density at radius 3 is 2.35 bits per heavy atom. The van der Waals surface area contributed by atoms with Gasteiger partial charge in [0.25, 0.3) is 0 Å². The van der Waals surface area contributed by atoms with Gasteiger partial charge in [-0.1, -0.05) is 18.2 Å². The normalized spacial score (nSPS) is 18.8. The van der Waals surface area contributed by atoms with E-state index in [-0.39, 0.29) is 0 Å². The van der Waals surface area contributed by atoms with Crippen LogP contribution in [0.25, 0.3) is 0 Å². The van der Waals surface area contributed by atoms with Crippen molar-refractivity contribution in [3.63, 3.8) is 0 Å². The highest BCUT2D eigenvalue weighted by Crippen LogP contribution is 2.19. The van der Waals surface area contributed by atoms with Crippen molar-refractivity contribution in [1.82, 2.24) is 9.21 Å². The van der Waals surface area contributed by atoms with Crippen LogP contribution in [0.5, 0.6) is 0 Å². The lowest BCUT2D eigenvalue weighted by atomic mass is 10.2. The Morgan fingerprint density at radius 1 is 1.04 bits per heavy atom. The third-order valence-electron chi connectivity index (χ3n) is 4.01. The minimum atomic E-state index is -3.43. The molecule has 1 N–H and O–H groups in total. The molecule has 0 radical (unpaired) electrons. The Balaban J connectivity index is 1.58. The van der Waals surface area contributed by atoms with Gasteiger partial charge < -0.3 is 9.52 Å². The van der Waals surface area contributed by atoms with Gasteiger partial charge in [-0.05, 0) is 24.3 Å². The highest BCUT2D eigenvalue weighted by Gasteiger charge is 2.29. The molecule has 7 heteroatoms. The van der Waals surface area contributed by atoms with Crippen LogP contribution in [0, 0.1) is 0 Å². The van der Waals surface area contributed by atoms with Gasteiger partial charge in [0.2, 0.25) is 10.0 Å². The molecular weight excluding hydrogens is 316 g/mol. The van der Waals surface area contributed by atoms with Crippen LogP contribution in [0.4, 0.5) is 0 Å². The van der Waals surface area contributed by atoms with E-state index in [1.807, 2.05) is 4.90 Å². The molecule has 1 aromatic carbocycles. The van der Waals surface area contributed by atoms with Crippen LogP contribution in [0.2, 0.25) is 0 Å². The van der Waals surface area contributed by atoms with Gasteiger partial charge in [0, 0.05) is 32.7 Å². The van der Waals surface area contributed by atoms with E-state index in [0.29, 0.717) is 43.4 Å². The van der Waals surface area contributed by atoms with Crippen LogP contribution in [0.3, 0.4) is 0 Å². The Labute approximate surface area is 136 Å². The van der Waals surface area contributed by atoms with Crippen molar-refractivity contribution in [2.75, 3.05) is 32.7 Å². The summed E-state index contributed by atoms with van der Waals surface area (Å²) in [5.74, 6) is 0.532. The Hall–Kier alpha value is -1.67. The van der Waals surface area contributed by atoms with Gasteiger partial charge in [0.1, 0.15) is 11.9 Å². The number of nitrogens with zero attached hydrogens (tertiary/aromatic N) is 2. The van der Waals surface area contributed by atoms with Crippen molar-refractivity contribution < 1.29 is 17.9 Å². The largest absolute Gasteiger partial charge is 0.467 e. The summed E-state index contributed by atoms with van der Waals surface area (Å²) in [7, 11) is -3.43. The third kappa shape index (κ3) is 3.64. The predicted molar refractivity (Wildman–Crippen MR) is 85.3 cm³/mol. The molecule has 1 aromatic heterocycles. The lowest BCUT2D eigenvalue weighted by molar-refractivity contribution is 0.0776. The summed E-state index contributed by atoms with van der Waals surface area (Å²) in [4.78, 5) is 2.37. The molecule has 6 nitrogen and oxygen atoms in total. The lowest BCUT2D eigenvalue weighted by Crippen LogP contribution is -2.49. The van der Waals surface area contributed by atoms with Crippen molar-refractivity contribution in [3.8, 4) is 0 Å². The van der Waals surface area contributed by atoms with Crippen LogP contribution in [0.15, 0.2) is 58.0 Å². The average Bonchev–Trinajstić information content (AvgIpc) is 3.11. The number of hydrogen-bond donors (Lipinski definition) is 1. The monoisotopic (exact) mass is 336 g/mol. The summed E-state index contributed by atoms with van der Waals surface area (Å²) in [6.07, 6.45) is 0.838. The molecule has 0 unspecified atom stereocenters. The molecule has 1 saturated heterocycles. The minimum absolute atomic E-state index is 0.323. The zero-order valence-electron chi connectivity index (χ0n) is 12.7. The lowest BCUT2D eigenvalue weighted by Gasteiger charge is -2.34. The van der Waals surface area contributed by atoms with E-state index in [1.165, 1.54) is 10.6 Å². The van der Waals surface area contributed by atoms with Gasteiger partial charge in [-0.3, -0.25) is 4.90 Å². The van der Waals surface area contributed by atoms with Crippen LogP contribution >= 0.6 is 0 Å². The fourth-order valence-electron chi connectivity index (χ4n) is 2.71. The maximum absolute atomic E-state index is 12.5. The number of β-amino-alcohol motifs (C(OH)–C–C–N with tert-alkyl or cyclic N) is 1. The molecule has 23 heavy (non-hydrogen) atoms. The first kappa shape index (κ1) is 16.2. The number of sulfonamides is 1. The van der Waals surface area contributed by atoms with Gasteiger partial charge in [0.05, 0.1) is 11.2 Å². The van der Waals surface area contributed by atoms with Crippen molar-refractivity contribution in [2.45, 2.75) is 11.0 Å². The molecule has 124 valence electrons. The smallest absolute Gasteiger partial charge is 0.243 e. The maximum atomic E-state index is 12.5. The fraction of sp³-hybridized carbons (Fsp3) is 0.375. The van der Waals surface area contributed by atoms with Crippen molar-refractivity contribution in [1.29, 1.82) is 0 Å². The number of aliphatic hydroxyl groups excluding tert-OH is 1. The van der Waals surface area contributed by atoms with E-state index in [1.54, 1.807) is 42.5 Å². The molecule has 2 heterocycles. The van der Waals surface area contributed by atoms with Gasteiger partial charge in [-0.15, -0.1) is 0 Å². The van der Waals surface area contributed by atoms with Crippen molar-refractivity contribution in [2.24, 2.45) is 0 Å². The van der Waals surface area contributed by atoms with E-state index in [0.717, 1.165) is 0 Å². The zero-order chi connectivity index (χ0) is 16.3. The van der Waals surface area contributed by atoms with E-state index < -0.39 is 16.1 Å². The average molecular weight is 336 g/mol. The summed E-state index contributed by atoms with van der Waals surface area (Å²) in [6, 6.07) is 12.0. The molecule has 0 saturated carbocycles. The van der Waals surface area contributed by atoms with E-state index >= 15 is 0 Å². The second kappa shape index (κ2) is 6.84. The highest BCUT2D eigenvalue weighted by molar-refractivity contribution is 7.89. The molecular formula is C16H20N2O4S. The first-order valence-electron chi connectivity index (χ1n) is 7.56. The molecule has 1 aliphatic heterocycles. The number of piperazine rings is 1. The molecule has 1 atom stereocenters. The Morgan fingerprint density at radius 2 is 1.74 bits per heavy atom. The fourth-order valence-corrected chi connectivity index (χ4v) is 4.15. The van der Waals surface area contributed by atoms with Gasteiger partial charge >= 0.3 is 0 Å². The number of rotatable bonds is 5. The first-order valence-corrected chi connectivity index (χ1v) is 9.00. The maximum Gasteiger partial charge on any atom is 0.243 e. The molecule has 2 aromatic rings. The Bertz CT molecular complexity index is 708. The number of hydrogen-bond acceptors (Lipinski definition) is 5. The van der Waals surface area contributed by atoms with Crippen molar-refractivity contribution in [3.05, 3.63) is 54.5 Å². The number of aliphatic hydroxyl groups is 1. The summed E-state index contributed by atoms with van der Waals surface area (Å²) < 4.78 is 31.8. The van der Waals surface area contributed by atoms with E-state index in [9.17, 15) is 13.5 Å². The second-order valence-electron chi connectivity index (χ2n) is 5.55. The second-order valence-corrected chi connectivity index (χ2v) is 7.49. The highest BCUT2D eigenvalue weighted by atomic mass is 32.2. The van der Waals surface area contributed by atoms with E-state index in [2.05, 4.69) is 0 Å². The molecule has 0 spiro atoms. The molecule has 1 aliphatic rings. The van der Waals surface area contributed by atoms with Crippen LogP contribution in [-0.2, 0) is 10.0 Å². The molecule has 0 bridgehead atoms. The predicted octanol–water partition coefficient (Wildman–Crippen LogP) is 1.32. The topological polar surface area (TPSA) is 74.0 Å². The quantitative estimate of drug-likeness (QED) is 0.891. The van der Waals surface area contributed by atoms with Crippen LogP contribution in [-0.4, -0.2) is 55.5 Å². The molecule has 0 amide bonds. The van der Waals surface area contributed by atoms with Gasteiger partial charge in [-0.2, -0.15) is 4.31 Å². The summed E-state index contributed by atoms with van der Waals surface area (Å²) in [5.41, 5.74) is 0. The molecule has 1 fully saturated rings. The Kier molecular flexibility index (Phi) is 4.82. The summed E-state index contributed by atoms with van der Waals surface area (Å²) >= 11 is 0. The number of benzene rings is 1.